The first kappa shape index (κ1) is 30.7. The molecule has 222 valence electrons. The molecule has 10 nitrogen and oxygen atoms in total. The summed E-state index contributed by atoms with van der Waals surface area (Å²) in [7, 11) is 1.51. The van der Waals surface area contributed by atoms with Crippen molar-refractivity contribution in [3.8, 4) is 11.8 Å². The first-order chi connectivity index (χ1) is 20.6. The number of pyridine rings is 1. The Morgan fingerprint density at radius 2 is 1.84 bits per heavy atom. The van der Waals surface area contributed by atoms with Gasteiger partial charge in [-0.1, -0.05) is 24.0 Å². The van der Waals surface area contributed by atoms with Gasteiger partial charge in [-0.05, 0) is 69.7 Å². The molecular weight excluding hydrogens is 549 g/mol. The zero-order valence-corrected chi connectivity index (χ0v) is 24.6. The van der Waals surface area contributed by atoms with Crippen molar-refractivity contribution < 1.29 is 18.7 Å². The second-order valence-electron chi connectivity index (χ2n) is 10.7. The minimum absolute atomic E-state index is 0.103. The molecule has 0 aliphatic rings. The van der Waals surface area contributed by atoms with Gasteiger partial charge in [0.1, 0.15) is 18.0 Å². The van der Waals surface area contributed by atoms with Crippen LogP contribution < -0.4 is 16.0 Å². The van der Waals surface area contributed by atoms with Crippen LogP contribution in [0.2, 0.25) is 0 Å². The number of hydrogen-bond donors (Lipinski definition) is 3. The molecule has 4 rings (SSSR count). The first-order valence-corrected chi connectivity index (χ1v) is 13.8. The molecule has 0 fully saturated rings. The summed E-state index contributed by atoms with van der Waals surface area (Å²) in [6.45, 7) is 5.60. The van der Waals surface area contributed by atoms with Crippen LogP contribution in [-0.4, -0.2) is 57.6 Å². The predicted octanol–water partition coefficient (Wildman–Crippen LogP) is 5.77. The van der Waals surface area contributed by atoms with Crippen LogP contribution in [-0.2, 0) is 9.53 Å². The maximum absolute atomic E-state index is 13.7. The van der Waals surface area contributed by atoms with Crippen molar-refractivity contribution in [1.82, 2.24) is 25.2 Å². The van der Waals surface area contributed by atoms with Crippen LogP contribution in [0.1, 0.15) is 39.2 Å². The van der Waals surface area contributed by atoms with Gasteiger partial charge in [-0.3, -0.25) is 9.78 Å². The third-order valence-corrected chi connectivity index (χ3v) is 5.84. The van der Waals surface area contributed by atoms with E-state index in [2.05, 4.69) is 42.7 Å². The smallest absolute Gasteiger partial charge is 0.410 e. The summed E-state index contributed by atoms with van der Waals surface area (Å²) in [6.07, 6.45) is 3.90. The highest BCUT2D eigenvalue weighted by atomic mass is 19.1. The highest BCUT2D eigenvalue weighted by molar-refractivity contribution is 5.83. The number of anilines is 4. The first-order valence-electron chi connectivity index (χ1n) is 13.8. The van der Waals surface area contributed by atoms with Gasteiger partial charge in [0.15, 0.2) is 5.82 Å². The number of benzene rings is 2. The Labute approximate surface area is 250 Å². The van der Waals surface area contributed by atoms with Crippen molar-refractivity contribution in [1.29, 1.82) is 0 Å². The van der Waals surface area contributed by atoms with Gasteiger partial charge in [0.25, 0.3) is 0 Å². The van der Waals surface area contributed by atoms with E-state index in [1.54, 1.807) is 45.3 Å². The Balaban J connectivity index is 1.39. The topological polar surface area (TPSA) is 121 Å². The minimum atomic E-state index is -0.633. The van der Waals surface area contributed by atoms with Crippen LogP contribution in [0.3, 0.4) is 0 Å². The molecular formula is C32H34FN7O3. The Bertz CT molecular complexity index is 1660. The molecule has 4 aromatic rings. The highest BCUT2D eigenvalue weighted by Gasteiger charge is 2.21. The molecule has 0 bridgehead atoms. The van der Waals surface area contributed by atoms with Gasteiger partial charge in [0, 0.05) is 43.0 Å². The number of hydrogen-bond acceptors (Lipinski definition) is 8. The van der Waals surface area contributed by atoms with Crippen molar-refractivity contribution in [2.75, 3.05) is 30.8 Å². The normalized spacial score (nSPS) is 10.8. The molecule has 0 aliphatic carbocycles. The number of nitrogens with one attached hydrogen (secondary N) is 3. The van der Waals surface area contributed by atoms with E-state index >= 15 is 0 Å². The van der Waals surface area contributed by atoms with Crippen LogP contribution in [0.15, 0.2) is 67.0 Å². The molecule has 2 aromatic heterocycles. The fraction of sp³-hybridized carbons (Fsp3) is 0.281. The summed E-state index contributed by atoms with van der Waals surface area (Å²) in [4.78, 5) is 38.8. The molecule has 2 amide bonds. The SMILES string of the molecule is CN(CC(=O)NCCCC#Cc1cnc(Nc2cccc(F)c2)nc1Nc1ccc2ncccc2c1)C(=O)OC(C)(C)C. The van der Waals surface area contributed by atoms with Gasteiger partial charge in [-0.2, -0.15) is 4.98 Å². The molecule has 0 radical (unpaired) electrons. The van der Waals surface area contributed by atoms with Gasteiger partial charge in [-0.15, -0.1) is 0 Å². The van der Waals surface area contributed by atoms with Crippen molar-refractivity contribution in [3.05, 3.63) is 78.4 Å². The molecule has 2 heterocycles. The van der Waals surface area contributed by atoms with Gasteiger partial charge in [0.2, 0.25) is 11.9 Å². The Kier molecular flexibility index (Phi) is 10.1. The third kappa shape index (κ3) is 9.67. The fourth-order valence-electron chi connectivity index (χ4n) is 3.85. The molecule has 3 N–H and O–H groups in total. The highest BCUT2D eigenvalue weighted by Crippen LogP contribution is 2.24. The number of ether oxygens (including phenoxy) is 1. The largest absolute Gasteiger partial charge is 0.444 e. The van der Waals surface area contributed by atoms with E-state index in [0.717, 1.165) is 16.6 Å². The van der Waals surface area contributed by atoms with Crippen molar-refractivity contribution in [2.24, 2.45) is 0 Å². The van der Waals surface area contributed by atoms with Gasteiger partial charge < -0.3 is 25.6 Å². The van der Waals surface area contributed by atoms with Gasteiger partial charge >= 0.3 is 6.09 Å². The molecule has 2 aromatic carbocycles. The number of likely N-dealkylation sites (N-methyl/N-ethyl adjacent to an activating group) is 1. The zero-order chi connectivity index (χ0) is 30.8. The Hall–Kier alpha value is -5.24. The summed E-state index contributed by atoms with van der Waals surface area (Å²) in [5.74, 6) is 6.31. The molecule has 0 spiro atoms. The van der Waals surface area contributed by atoms with Gasteiger partial charge in [-0.25, -0.2) is 14.2 Å². The lowest BCUT2D eigenvalue weighted by molar-refractivity contribution is -0.122. The second-order valence-corrected chi connectivity index (χ2v) is 10.7. The maximum Gasteiger partial charge on any atom is 0.410 e. The Morgan fingerprint density at radius 1 is 1.02 bits per heavy atom. The lowest BCUT2D eigenvalue weighted by Gasteiger charge is -2.24. The second kappa shape index (κ2) is 14.1. The van der Waals surface area contributed by atoms with Crippen molar-refractivity contribution >= 4 is 46.0 Å². The monoisotopic (exact) mass is 583 g/mol. The third-order valence-electron chi connectivity index (χ3n) is 5.84. The summed E-state index contributed by atoms with van der Waals surface area (Å²) < 4.78 is 18.9. The number of unbranched alkanes of at least 4 members (excludes halogenated alkanes) is 1. The molecule has 11 heteroatoms. The summed E-state index contributed by atoms with van der Waals surface area (Å²) in [6, 6.07) is 15.7. The minimum Gasteiger partial charge on any atom is -0.444 e. The summed E-state index contributed by atoms with van der Waals surface area (Å²) in [5.41, 5.74) is 2.11. The van der Waals surface area contributed by atoms with E-state index < -0.39 is 11.7 Å². The lowest BCUT2D eigenvalue weighted by atomic mass is 10.2. The summed E-state index contributed by atoms with van der Waals surface area (Å²) in [5, 5.41) is 10.1. The van der Waals surface area contributed by atoms with Crippen LogP contribution in [0, 0.1) is 17.7 Å². The Morgan fingerprint density at radius 3 is 2.63 bits per heavy atom. The zero-order valence-electron chi connectivity index (χ0n) is 24.6. The maximum atomic E-state index is 13.7. The number of carbonyl (C=O) groups excluding carboxylic acids is 2. The van der Waals surface area contributed by atoms with E-state index in [-0.39, 0.29) is 24.2 Å². The predicted molar refractivity (Wildman–Crippen MR) is 165 cm³/mol. The number of fused-ring (bicyclic) bond motifs is 1. The van der Waals surface area contributed by atoms with E-state index in [1.165, 1.54) is 24.1 Å². The van der Waals surface area contributed by atoms with E-state index in [9.17, 15) is 14.0 Å². The van der Waals surface area contributed by atoms with Gasteiger partial charge in [0.05, 0.1) is 17.3 Å². The number of rotatable bonds is 9. The lowest BCUT2D eigenvalue weighted by Crippen LogP contribution is -2.41. The number of amides is 2. The number of halogens is 1. The van der Waals surface area contributed by atoms with E-state index in [1.807, 2.05) is 30.3 Å². The number of nitrogens with zero attached hydrogens (tertiary/aromatic N) is 4. The van der Waals surface area contributed by atoms with Crippen molar-refractivity contribution in [3.63, 3.8) is 0 Å². The average Bonchev–Trinajstić information content (AvgIpc) is 2.95. The molecule has 0 atom stereocenters. The molecule has 43 heavy (non-hydrogen) atoms. The van der Waals surface area contributed by atoms with E-state index in [4.69, 9.17) is 4.74 Å². The van der Waals surface area contributed by atoms with Crippen LogP contribution in [0.5, 0.6) is 0 Å². The standard InChI is InChI=1S/C32H34FN7O3/c1-32(2,3)43-31(42)40(4)21-28(41)35-16-7-5-6-10-23-20-36-30(38-25-13-8-12-24(33)19-25)39-29(23)37-26-14-15-27-22(18-26)11-9-17-34-27/h8-9,11-15,17-20H,5,7,16,21H2,1-4H3,(H,35,41)(H2,36,37,38,39). The van der Waals surface area contributed by atoms with E-state index in [0.29, 0.717) is 36.5 Å². The molecule has 0 unspecified atom stereocenters. The molecule has 0 saturated heterocycles. The number of aromatic nitrogens is 3. The van der Waals surface area contributed by atoms with Crippen molar-refractivity contribution in [2.45, 2.75) is 39.2 Å². The number of carbonyl (C=O) groups is 2. The van der Waals surface area contributed by atoms with Crippen LogP contribution in [0.4, 0.5) is 32.3 Å². The van der Waals surface area contributed by atoms with Crippen LogP contribution >= 0.6 is 0 Å². The molecule has 0 saturated carbocycles. The van der Waals surface area contributed by atoms with Crippen LogP contribution in [0.25, 0.3) is 10.9 Å². The summed E-state index contributed by atoms with van der Waals surface area (Å²) >= 11 is 0. The molecule has 0 aliphatic heterocycles. The average molecular weight is 584 g/mol. The quantitative estimate of drug-likeness (QED) is 0.168. The fourth-order valence-corrected chi connectivity index (χ4v) is 3.85.